The highest BCUT2D eigenvalue weighted by atomic mass is 19.1. The molecule has 0 aromatic heterocycles. The molecule has 4 nitrogen and oxygen atoms in total. The normalized spacial score (nSPS) is 17.1. The van der Waals surface area contributed by atoms with Crippen molar-refractivity contribution in [1.82, 2.24) is 0 Å². The third kappa shape index (κ3) is 19.4. The Labute approximate surface area is 474 Å². The molecule has 0 heterocycles. The van der Waals surface area contributed by atoms with E-state index in [9.17, 15) is 9.59 Å². The highest BCUT2D eigenvalue weighted by Gasteiger charge is 2.27. The SMILES string of the molecule is CCCCCCC1CCC(c2ccc(C(=O)Oc3ccc(-c4ccc(CCCCC)cc4)cc3)cc2F)CC1.CCCCCCCC1CCC(c2ccc(C(=O)Oc3ccc(-c4ccc(CCCCC)cc4)cc3)cc2F)CC1. The Morgan fingerprint density at radius 3 is 1.04 bits per heavy atom. The summed E-state index contributed by atoms with van der Waals surface area (Å²) in [7, 11) is 0. The molecule has 6 aromatic rings. The Morgan fingerprint density at radius 2 is 0.696 bits per heavy atom. The number of hydrogen-bond acceptors (Lipinski definition) is 4. The number of halogens is 2. The second-order valence-corrected chi connectivity index (χ2v) is 23.1. The first-order chi connectivity index (χ1) is 38.6. The van der Waals surface area contributed by atoms with E-state index in [1.165, 1.54) is 158 Å². The summed E-state index contributed by atoms with van der Waals surface area (Å²) >= 11 is 0. The minimum absolute atomic E-state index is 0.249. The molecule has 2 aliphatic rings. The highest BCUT2D eigenvalue weighted by Crippen LogP contribution is 2.41. The Hall–Kier alpha value is -5.88. The molecule has 6 aromatic carbocycles. The zero-order chi connectivity index (χ0) is 55.6. The summed E-state index contributed by atoms with van der Waals surface area (Å²) in [5.41, 5.74) is 9.14. The van der Waals surface area contributed by atoms with E-state index in [1.807, 2.05) is 24.3 Å². The first-order valence-electron chi connectivity index (χ1n) is 31.1. The van der Waals surface area contributed by atoms with Crippen LogP contribution in [-0.2, 0) is 12.8 Å². The van der Waals surface area contributed by atoms with Crippen molar-refractivity contribution in [1.29, 1.82) is 0 Å². The number of hydrogen-bond donors (Lipinski definition) is 0. The molecule has 79 heavy (non-hydrogen) atoms. The Kier molecular flexibility index (Phi) is 25.4. The van der Waals surface area contributed by atoms with Crippen LogP contribution in [0.25, 0.3) is 22.3 Å². The third-order valence-electron chi connectivity index (χ3n) is 17.1. The van der Waals surface area contributed by atoms with Crippen LogP contribution in [0, 0.1) is 23.5 Å². The van der Waals surface area contributed by atoms with Gasteiger partial charge in [0.15, 0.2) is 0 Å². The number of aryl methyl sites for hydroxylation is 2. The zero-order valence-corrected chi connectivity index (χ0v) is 48.5. The van der Waals surface area contributed by atoms with Gasteiger partial charge in [-0.15, -0.1) is 0 Å². The topological polar surface area (TPSA) is 52.6 Å². The van der Waals surface area contributed by atoms with Gasteiger partial charge < -0.3 is 9.47 Å². The Bertz CT molecular complexity index is 2710. The van der Waals surface area contributed by atoms with Crippen molar-refractivity contribution in [3.8, 4) is 33.8 Å². The highest BCUT2D eigenvalue weighted by molar-refractivity contribution is 5.92. The summed E-state index contributed by atoms with van der Waals surface area (Å²) in [6.07, 6.45) is 33.1. The van der Waals surface area contributed by atoms with Gasteiger partial charge in [0, 0.05) is 0 Å². The molecule has 2 saturated carbocycles. The molecule has 0 bridgehead atoms. The van der Waals surface area contributed by atoms with Crippen molar-refractivity contribution in [2.45, 2.75) is 213 Å². The second kappa shape index (κ2) is 33.0. The molecule has 0 radical (unpaired) electrons. The van der Waals surface area contributed by atoms with Gasteiger partial charge in [0.05, 0.1) is 11.1 Å². The fraction of sp³-hybridized carbons (Fsp3) is 0.479. The maximum atomic E-state index is 15.1. The van der Waals surface area contributed by atoms with E-state index >= 15 is 8.78 Å². The molecule has 0 unspecified atom stereocenters. The third-order valence-corrected chi connectivity index (χ3v) is 17.1. The number of carbonyl (C=O) groups excluding carboxylic acids is 2. The van der Waals surface area contributed by atoms with Gasteiger partial charge in [-0.3, -0.25) is 0 Å². The van der Waals surface area contributed by atoms with Crippen molar-refractivity contribution in [2.75, 3.05) is 0 Å². The first-order valence-corrected chi connectivity index (χ1v) is 31.1. The number of unbranched alkanes of at least 4 members (excludes halogenated alkanes) is 11. The predicted molar refractivity (Wildman–Crippen MR) is 324 cm³/mol. The van der Waals surface area contributed by atoms with Gasteiger partial charge in [-0.25, -0.2) is 18.4 Å². The summed E-state index contributed by atoms with van der Waals surface area (Å²) in [5, 5.41) is 0. The van der Waals surface area contributed by atoms with Gasteiger partial charge >= 0.3 is 11.9 Å². The first kappa shape index (κ1) is 60.8. The molecule has 0 spiro atoms. The molecule has 2 aliphatic carbocycles. The Morgan fingerprint density at radius 1 is 0.380 bits per heavy atom. The van der Waals surface area contributed by atoms with E-state index in [-0.39, 0.29) is 34.6 Å². The summed E-state index contributed by atoms with van der Waals surface area (Å²) in [5.74, 6) is 1.37. The predicted octanol–water partition coefficient (Wildman–Crippen LogP) is 21.8. The molecule has 0 amide bonds. The van der Waals surface area contributed by atoms with Crippen LogP contribution in [0.1, 0.15) is 243 Å². The number of benzene rings is 6. The van der Waals surface area contributed by atoms with Crippen molar-refractivity contribution in [2.24, 2.45) is 11.8 Å². The average Bonchev–Trinajstić information content (AvgIpc) is 3.49. The molecule has 2 fully saturated rings. The van der Waals surface area contributed by atoms with E-state index in [1.54, 1.807) is 48.5 Å². The number of rotatable bonds is 27. The lowest BCUT2D eigenvalue weighted by molar-refractivity contribution is 0.0724. The largest absolute Gasteiger partial charge is 0.423 e. The standard InChI is InChI=1S/C37H47FO2.C36H45FO2/c1-3-5-7-8-10-12-29-15-19-32(20-16-29)35-26-23-33(27-36(35)38)37(39)40-34-24-21-31(22-25-34)30-17-13-28(14-18-30)11-9-6-4-2;1-3-5-7-9-11-28-14-18-31(19-15-28)34-25-22-32(26-35(34)37)36(38)39-33-23-20-30(21-24-33)29-16-12-27(13-17-29)10-8-6-4-2/h13-14,17-18,21-27,29,32H,3-12,15-16,19-20H2,1-2H3;12-13,16-17,20-26,28,31H,3-11,14-15,18-19H2,1-2H3. The summed E-state index contributed by atoms with van der Waals surface area (Å²) in [6, 6.07) is 42.1. The number of ether oxygens (including phenoxy) is 2. The molecule has 0 N–H and O–H groups in total. The van der Waals surface area contributed by atoms with Gasteiger partial charge in [0.25, 0.3) is 0 Å². The van der Waals surface area contributed by atoms with Crippen molar-refractivity contribution in [3.05, 3.63) is 178 Å². The molecular weight excluding hydrogens is 979 g/mol. The van der Waals surface area contributed by atoms with E-state index in [0.29, 0.717) is 11.5 Å². The van der Waals surface area contributed by atoms with Crippen LogP contribution in [0.5, 0.6) is 11.5 Å². The zero-order valence-electron chi connectivity index (χ0n) is 48.5. The molecule has 6 heteroatoms. The smallest absolute Gasteiger partial charge is 0.343 e. The quantitative estimate of drug-likeness (QED) is 0.0293. The van der Waals surface area contributed by atoms with Crippen LogP contribution in [0.2, 0.25) is 0 Å². The summed E-state index contributed by atoms with van der Waals surface area (Å²) < 4.78 is 41.3. The van der Waals surface area contributed by atoms with E-state index < -0.39 is 11.9 Å². The van der Waals surface area contributed by atoms with Gasteiger partial charge in [0.1, 0.15) is 23.1 Å². The fourth-order valence-electron chi connectivity index (χ4n) is 12.0. The van der Waals surface area contributed by atoms with E-state index in [4.69, 9.17) is 9.47 Å². The number of esters is 2. The van der Waals surface area contributed by atoms with Gasteiger partial charge in [-0.1, -0.05) is 209 Å². The molecule has 0 atom stereocenters. The van der Waals surface area contributed by atoms with Crippen LogP contribution in [0.3, 0.4) is 0 Å². The van der Waals surface area contributed by atoms with Crippen LogP contribution < -0.4 is 9.47 Å². The maximum absolute atomic E-state index is 15.1. The van der Waals surface area contributed by atoms with E-state index in [2.05, 4.69) is 76.2 Å². The van der Waals surface area contributed by atoms with Gasteiger partial charge in [-0.2, -0.15) is 0 Å². The monoisotopic (exact) mass is 1070 g/mol. The molecule has 0 aliphatic heterocycles. The van der Waals surface area contributed by atoms with Crippen molar-refractivity contribution < 1.29 is 27.8 Å². The summed E-state index contributed by atoms with van der Waals surface area (Å²) in [4.78, 5) is 25.5. The molecular formula is C73H92F2O4. The van der Waals surface area contributed by atoms with Crippen LogP contribution in [-0.4, -0.2) is 11.9 Å². The average molecular weight is 1070 g/mol. The van der Waals surface area contributed by atoms with Crippen molar-refractivity contribution in [3.63, 3.8) is 0 Å². The van der Waals surface area contributed by atoms with Crippen molar-refractivity contribution >= 4 is 11.9 Å². The molecule has 422 valence electrons. The maximum Gasteiger partial charge on any atom is 0.343 e. The number of carbonyl (C=O) groups is 2. The Balaban J connectivity index is 0.000000229. The lowest BCUT2D eigenvalue weighted by atomic mass is 9.76. The van der Waals surface area contributed by atoms with E-state index in [0.717, 1.165) is 83.7 Å². The van der Waals surface area contributed by atoms with Crippen LogP contribution in [0.4, 0.5) is 8.78 Å². The lowest BCUT2D eigenvalue weighted by Gasteiger charge is -2.29. The minimum atomic E-state index is -0.527. The molecule has 0 saturated heterocycles. The van der Waals surface area contributed by atoms with Gasteiger partial charge in [0.2, 0.25) is 0 Å². The minimum Gasteiger partial charge on any atom is -0.423 e. The van der Waals surface area contributed by atoms with Crippen LogP contribution in [0.15, 0.2) is 133 Å². The van der Waals surface area contributed by atoms with Crippen LogP contribution >= 0.6 is 0 Å². The van der Waals surface area contributed by atoms with Gasteiger partial charge in [-0.05, 0) is 194 Å². The second-order valence-electron chi connectivity index (χ2n) is 23.1. The molecule has 8 rings (SSSR count). The fourth-order valence-corrected chi connectivity index (χ4v) is 12.0. The summed E-state index contributed by atoms with van der Waals surface area (Å²) in [6.45, 7) is 8.95. The lowest BCUT2D eigenvalue weighted by Crippen LogP contribution is -2.15.